The van der Waals surface area contributed by atoms with Gasteiger partial charge in [0.05, 0.1) is 0 Å². The van der Waals surface area contributed by atoms with Gasteiger partial charge >= 0.3 is 0 Å². The first-order valence-electron chi connectivity index (χ1n) is 6.34. The van der Waals surface area contributed by atoms with Crippen molar-refractivity contribution in [2.75, 3.05) is 24.1 Å². The largest absolute Gasteiger partial charge is 0.368 e. The van der Waals surface area contributed by atoms with Crippen molar-refractivity contribution in [3.63, 3.8) is 0 Å². The van der Waals surface area contributed by atoms with E-state index in [2.05, 4.69) is 20.2 Å². The molecule has 2 unspecified atom stereocenters. The van der Waals surface area contributed by atoms with Crippen LogP contribution in [0.2, 0.25) is 0 Å². The maximum absolute atomic E-state index is 5.67. The number of rotatable bonds is 2. The Kier molecular flexibility index (Phi) is 2.63. The van der Waals surface area contributed by atoms with Gasteiger partial charge in [-0.15, -0.1) is 0 Å². The van der Waals surface area contributed by atoms with Gasteiger partial charge < -0.3 is 11.1 Å². The molecule has 5 nitrogen and oxygen atoms in total. The van der Waals surface area contributed by atoms with Crippen LogP contribution in [0.1, 0.15) is 25.0 Å². The smallest absolute Gasteiger partial charge is 0.222 e. The van der Waals surface area contributed by atoms with Gasteiger partial charge in [0.25, 0.3) is 0 Å². The first-order chi connectivity index (χ1) is 8.22. The van der Waals surface area contributed by atoms with Crippen molar-refractivity contribution < 1.29 is 0 Å². The summed E-state index contributed by atoms with van der Waals surface area (Å²) in [5.74, 6) is 1.22. The summed E-state index contributed by atoms with van der Waals surface area (Å²) in [6.07, 6.45) is 3.83. The van der Waals surface area contributed by atoms with Crippen LogP contribution in [0.15, 0.2) is 6.07 Å². The summed E-state index contributed by atoms with van der Waals surface area (Å²) in [5, 5.41) is 3.52. The van der Waals surface area contributed by atoms with Gasteiger partial charge in [-0.2, -0.15) is 4.98 Å². The van der Waals surface area contributed by atoms with Crippen LogP contribution in [0.25, 0.3) is 0 Å². The molecule has 3 rings (SSSR count). The van der Waals surface area contributed by atoms with E-state index in [0.29, 0.717) is 18.0 Å². The van der Waals surface area contributed by atoms with E-state index in [1.807, 2.05) is 13.0 Å². The summed E-state index contributed by atoms with van der Waals surface area (Å²) in [4.78, 5) is 10.9. The molecule has 2 fully saturated rings. The van der Waals surface area contributed by atoms with E-state index in [9.17, 15) is 0 Å². The van der Waals surface area contributed by atoms with Gasteiger partial charge in [-0.3, -0.25) is 4.90 Å². The number of nitrogens with zero attached hydrogens (tertiary/aromatic N) is 3. The molecule has 0 amide bonds. The van der Waals surface area contributed by atoms with Crippen LogP contribution in [0, 0.1) is 6.92 Å². The molecule has 3 N–H and O–H groups in total. The zero-order valence-electron chi connectivity index (χ0n) is 10.2. The van der Waals surface area contributed by atoms with E-state index in [4.69, 9.17) is 5.73 Å². The van der Waals surface area contributed by atoms with Crippen LogP contribution in [-0.2, 0) is 0 Å². The molecule has 0 saturated carbocycles. The third-order valence-electron chi connectivity index (χ3n) is 3.81. The molecule has 0 bridgehead atoms. The van der Waals surface area contributed by atoms with E-state index < -0.39 is 0 Å². The molecule has 2 atom stereocenters. The predicted molar refractivity (Wildman–Crippen MR) is 67.8 cm³/mol. The number of fused-ring (bicyclic) bond motifs is 1. The van der Waals surface area contributed by atoms with Crippen LogP contribution in [0.3, 0.4) is 0 Å². The van der Waals surface area contributed by atoms with Gasteiger partial charge in [0.1, 0.15) is 5.82 Å². The third kappa shape index (κ3) is 2.07. The minimum absolute atomic E-state index is 0.355. The Morgan fingerprint density at radius 3 is 3.06 bits per heavy atom. The molecule has 2 aliphatic rings. The first-order valence-corrected chi connectivity index (χ1v) is 6.34. The van der Waals surface area contributed by atoms with Crippen LogP contribution >= 0.6 is 0 Å². The lowest BCUT2D eigenvalue weighted by Crippen LogP contribution is -2.34. The minimum Gasteiger partial charge on any atom is -0.368 e. The maximum atomic E-state index is 5.67. The van der Waals surface area contributed by atoms with E-state index in [-0.39, 0.29) is 0 Å². The Balaban J connectivity index is 1.74. The van der Waals surface area contributed by atoms with Crippen molar-refractivity contribution in [1.82, 2.24) is 14.9 Å². The Morgan fingerprint density at radius 2 is 2.24 bits per heavy atom. The number of nitrogens with two attached hydrogens (primary N) is 1. The number of nitrogen functional groups attached to an aromatic ring is 1. The minimum atomic E-state index is 0.355. The van der Waals surface area contributed by atoms with Crippen LogP contribution in [-0.4, -0.2) is 40.0 Å². The van der Waals surface area contributed by atoms with Crippen LogP contribution < -0.4 is 11.1 Å². The van der Waals surface area contributed by atoms with Crippen molar-refractivity contribution in [2.45, 2.75) is 38.3 Å². The number of aromatic nitrogens is 2. The van der Waals surface area contributed by atoms with Gasteiger partial charge in [-0.05, 0) is 32.7 Å². The number of aryl methyl sites for hydroxylation is 1. The zero-order valence-corrected chi connectivity index (χ0v) is 10.2. The third-order valence-corrected chi connectivity index (χ3v) is 3.81. The van der Waals surface area contributed by atoms with Gasteiger partial charge in [0.2, 0.25) is 5.95 Å². The number of anilines is 2. The number of nitrogens with one attached hydrogen (secondary N) is 1. The quantitative estimate of drug-likeness (QED) is 0.798. The van der Waals surface area contributed by atoms with Crippen LogP contribution in [0.5, 0.6) is 0 Å². The van der Waals surface area contributed by atoms with Gasteiger partial charge in [-0.1, -0.05) is 0 Å². The summed E-state index contributed by atoms with van der Waals surface area (Å²) < 4.78 is 0. The molecule has 0 spiro atoms. The number of hydrogen-bond acceptors (Lipinski definition) is 5. The van der Waals surface area contributed by atoms with Gasteiger partial charge in [-0.25, -0.2) is 4.98 Å². The molecular formula is C12H19N5. The average Bonchev–Trinajstić information content (AvgIpc) is 2.81. The fourth-order valence-electron chi connectivity index (χ4n) is 3.11. The molecule has 92 valence electrons. The molecule has 2 saturated heterocycles. The zero-order chi connectivity index (χ0) is 11.8. The molecule has 0 aliphatic carbocycles. The van der Waals surface area contributed by atoms with Crippen LogP contribution in [0.4, 0.5) is 11.8 Å². The highest BCUT2D eigenvalue weighted by molar-refractivity contribution is 5.41. The molecule has 0 radical (unpaired) electrons. The van der Waals surface area contributed by atoms with Gasteiger partial charge in [0, 0.05) is 30.4 Å². The maximum Gasteiger partial charge on any atom is 0.222 e. The molecule has 0 aromatic carbocycles. The fraction of sp³-hybridized carbons (Fsp3) is 0.667. The van der Waals surface area contributed by atoms with Gasteiger partial charge in [0.15, 0.2) is 0 Å². The standard InChI is InChI=1S/C12H19N5/c1-8-7-11(16-12(13)14-8)15-9-4-6-17-5-2-3-10(9)17/h7,9-10H,2-6H2,1H3,(H3,13,14,15,16). The van der Waals surface area contributed by atoms with Crippen molar-refractivity contribution >= 4 is 11.8 Å². The summed E-state index contributed by atoms with van der Waals surface area (Å²) >= 11 is 0. The highest BCUT2D eigenvalue weighted by Crippen LogP contribution is 2.29. The molecule has 1 aromatic rings. The molecule has 1 aromatic heterocycles. The lowest BCUT2D eigenvalue weighted by Gasteiger charge is -2.21. The van der Waals surface area contributed by atoms with Crippen molar-refractivity contribution in [3.8, 4) is 0 Å². The molecule has 17 heavy (non-hydrogen) atoms. The second-order valence-electron chi connectivity index (χ2n) is 5.04. The summed E-state index contributed by atoms with van der Waals surface area (Å²) in [5.41, 5.74) is 6.59. The summed E-state index contributed by atoms with van der Waals surface area (Å²) in [6, 6.07) is 3.17. The molecule has 5 heteroatoms. The Hall–Kier alpha value is -1.36. The van der Waals surface area contributed by atoms with E-state index >= 15 is 0 Å². The topological polar surface area (TPSA) is 67.1 Å². The van der Waals surface area contributed by atoms with E-state index in [1.165, 1.54) is 32.4 Å². The lowest BCUT2D eigenvalue weighted by atomic mass is 10.1. The van der Waals surface area contributed by atoms with Crippen molar-refractivity contribution in [3.05, 3.63) is 11.8 Å². The summed E-state index contributed by atoms with van der Waals surface area (Å²) in [6.45, 7) is 4.41. The first kappa shape index (κ1) is 10.8. The second kappa shape index (κ2) is 4.14. The van der Waals surface area contributed by atoms with E-state index in [0.717, 1.165) is 11.5 Å². The molecule has 2 aliphatic heterocycles. The second-order valence-corrected chi connectivity index (χ2v) is 5.04. The molecule has 3 heterocycles. The SMILES string of the molecule is Cc1cc(NC2CCN3CCCC23)nc(N)n1. The van der Waals surface area contributed by atoms with E-state index in [1.54, 1.807) is 0 Å². The average molecular weight is 233 g/mol. The lowest BCUT2D eigenvalue weighted by molar-refractivity contribution is 0.318. The normalized spacial score (nSPS) is 28.3. The predicted octanol–water partition coefficient (Wildman–Crippen LogP) is 1.02. The monoisotopic (exact) mass is 233 g/mol. The molecular weight excluding hydrogens is 214 g/mol. The summed E-state index contributed by atoms with van der Waals surface area (Å²) in [7, 11) is 0. The Morgan fingerprint density at radius 1 is 1.35 bits per heavy atom. The fourth-order valence-corrected chi connectivity index (χ4v) is 3.11. The number of hydrogen-bond donors (Lipinski definition) is 2. The highest BCUT2D eigenvalue weighted by atomic mass is 15.2. The Bertz CT molecular complexity index is 399. The van der Waals surface area contributed by atoms with Crippen molar-refractivity contribution in [2.24, 2.45) is 0 Å². The van der Waals surface area contributed by atoms with Crippen molar-refractivity contribution in [1.29, 1.82) is 0 Å². The highest BCUT2D eigenvalue weighted by Gasteiger charge is 2.37. The Labute approximate surface area is 101 Å².